The minimum absolute atomic E-state index is 0.328. The van der Waals surface area contributed by atoms with Crippen LogP contribution in [0.2, 0.25) is 0 Å². The van der Waals surface area contributed by atoms with E-state index in [1.807, 2.05) is 45.0 Å². The Balaban J connectivity index is 2.66. The predicted octanol–water partition coefficient (Wildman–Crippen LogP) is 3.99. The maximum absolute atomic E-state index is 11.4. The molecule has 2 rings (SSSR count). The van der Waals surface area contributed by atoms with Gasteiger partial charge in [-0.25, -0.2) is 4.79 Å². The number of carboxylic acids is 1. The Labute approximate surface area is 118 Å². The third-order valence-corrected chi connectivity index (χ3v) is 3.38. The molecule has 0 radical (unpaired) electrons. The molecule has 0 unspecified atom stereocenters. The van der Waals surface area contributed by atoms with Crippen LogP contribution in [0.1, 0.15) is 27.0 Å². The van der Waals surface area contributed by atoms with Gasteiger partial charge in [0.15, 0.2) is 0 Å². The van der Waals surface area contributed by atoms with Crippen molar-refractivity contribution in [2.24, 2.45) is 0 Å². The van der Waals surface area contributed by atoms with E-state index < -0.39 is 5.97 Å². The number of benzene rings is 2. The van der Waals surface area contributed by atoms with E-state index in [4.69, 9.17) is 4.74 Å². The molecule has 0 aromatic heterocycles. The molecule has 2 aromatic carbocycles. The summed E-state index contributed by atoms with van der Waals surface area (Å²) in [5, 5.41) is 9.37. The van der Waals surface area contributed by atoms with Crippen LogP contribution in [0.25, 0.3) is 11.1 Å². The van der Waals surface area contributed by atoms with Crippen molar-refractivity contribution in [1.82, 2.24) is 0 Å². The molecule has 104 valence electrons. The minimum atomic E-state index is -0.908. The Kier molecular flexibility index (Phi) is 3.79. The van der Waals surface area contributed by atoms with Gasteiger partial charge >= 0.3 is 5.97 Å². The summed E-state index contributed by atoms with van der Waals surface area (Å²) >= 11 is 0. The Hall–Kier alpha value is -2.29. The van der Waals surface area contributed by atoms with E-state index in [0.717, 1.165) is 33.6 Å². The second kappa shape index (κ2) is 5.37. The third kappa shape index (κ3) is 2.52. The summed E-state index contributed by atoms with van der Waals surface area (Å²) in [6.07, 6.45) is 0. The quantitative estimate of drug-likeness (QED) is 0.917. The van der Waals surface area contributed by atoms with Crippen molar-refractivity contribution in [2.75, 3.05) is 7.11 Å². The Morgan fingerprint density at radius 1 is 1.05 bits per heavy atom. The van der Waals surface area contributed by atoms with Crippen molar-refractivity contribution < 1.29 is 14.6 Å². The fourth-order valence-electron chi connectivity index (χ4n) is 2.51. The Morgan fingerprint density at radius 2 is 1.65 bits per heavy atom. The SMILES string of the molecule is COc1c(C)cc(-c2ccc(C)cc2C(=O)O)cc1C. The number of methoxy groups -OCH3 is 1. The van der Waals surface area contributed by atoms with Gasteiger partial charge in [0.05, 0.1) is 12.7 Å². The lowest BCUT2D eigenvalue weighted by Gasteiger charge is -2.13. The van der Waals surface area contributed by atoms with E-state index >= 15 is 0 Å². The first-order valence-electron chi connectivity index (χ1n) is 6.43. The molecule has 0 aliphatic carbocycles. The van der Waals surface area contributed by atoms with Crippen LogP contribution in [0.15, 0.2) is 30.3 Å². The molecule has 20 heavy (non-hydrogen) atoms. The van der Waals surface area contributed by atoms with Crippen LogP contribution in [-0.4, -0.2) is 18.2 Å². The Bertz CT molecular complexity index is 649. The fraction of sp³-hybridized carbons (Fsp3) is 0.235. The molecule has 0 atom stereocenters. The molecule has 0 spiro atoms. The Morgan fingerprint density at radius 3 is 2.15 bits per heavy atom. The number of aromatic carboxylic acids is 1. The van der Waals surface area contributed by atoms with Gasteiger partial charge in [-0.05, 0) is 61.2 Å². The number of aryl methyl sites for hydroxylation is 3. The number of carboxylic acid groups (broad SMARTS) is 1. The molecule has 0 bridgehead atoms. The zero-order valence-electron chi connectivity index (χ0n) is 12.2. The largest absolute Gasteiger partial charge is 0.496 e. The predicted molar refractivity (Wildman–Crippen MR) is 79.6 cm³/mol. The second-order valence-electron chi connectivity index (χ2n) is 5.00. The maximum atomic E-state index is 11.4. The van der Waals surface area contributed by atoms with Crippen molar-refractivity contribution in [3.05, 3.63) is 52.6 Å². The number of carbonyl (C=O) groups is 1. The molecule has 2 aromatic rings. The topological polar surface area (TPSA) is 46.5 Å². The average molecular weight is 270 g/mol. The van der Waals surface area contributed by atoms with Gasteiger partial charge in [-0.3, -0.25) is 0 Å². The van der Waals surface area contributed by atoms with E-state index in [-0.39, 0.29) is 0 Å². The van der Waals surface area contributed by atoms with Crippen LogP contribution in [0.3, 0.4) is 0 Å². The van der Waals surface area contributed by atoms with Gasteiger partial charge in [-0.15, -0.1) is 0 Å². The molecule has 0 heterocycles. The molecule has 0 aliphatic rings. The van der Waals surface area contributed by atoms with Crippen molar-refractivity contribution in [3.8, 4) is 16.9 Å². The van der Waals surface area contributed by atoms with E-state index in [0.29, 0.717) is 5.56 Å². The van der Waals surface area contributed by atoms with Crippen LogP contribution in [0.5, 0.6) is 5.75 Å². The monoisotopic (exact) mass is 270 g/mol. The third-order valence-electron chi connectivity index (χ3n) is 3.38. The highest BCUT2D eigenvalue weighted by molar-refractivity contribution is 5.96. The lowest BCUT2D eigenvalue weighted by molar-refractivity contribution is 0.0697. The normalized spacial score (nSPS) is 10.4. The first kappa shape index (κ1) is 14.1. The van der Waals surface area contributed by atoms with Gasteiger partial charge < -0.3 is 9.84 Å². The van der Waals surface area contributed by atoms with E-state index in [2.05, 4.69) is 0 Å². The summed E-state index contributed by atoms with van der Waals surface area (Å²) in [5.74, 6) is -0.0624. The van der Waals surface area contributed by atoms with E-state index in [9.17, 15) is 9.90 Å². The van der Waals surface area contributed by atoms with Crippen LogP contribution < -0.4 is 4.74 Å². The van der Waals surface area contributed by atoms with E-state index in [1.165, 1.54) is 0 Å². The molecule has 0 saturated heterocycles. The highest BCUT2D eigenvalue weighted by Gasteiger charge is 2.14. The molecule has 0 aliphatic heterocycles. The van der Waals surface area contributed by atoms with Gasteiger partial charge in [-0.1, -0.05) is 17.7 Å². The van der Waals surface area contributed by atoms with Gasteiger partial charge in [0.1, 0.15) is 5.75 Å². The van der Waals surface area contributed by atoms with Gasteiger partial charge in [0.25, 0.3) is 0 Å². The average Bonchev–Trinajstić information content (AvgIpc) is 2.38. The lowest BCUT2D eigenvalue weighted by Crippen LogP contribution is -2.01. The summed E-state index contributed by atoms with van der Waals surface area (Å²) in [6.45, 7) is 5.81. The fourth-order valence-corrected chi connectivity index (χ4v) is 2.51. The van der Waals surface area contributed by atoms with Gasteiger partial charge in [0.2, 0.25) is 0 Å². The summed E-state index contributed by atoms with van der Waals surface area (Å²) in [4.78, 5) is 11.4. The second-order valence-corrected chi connectivity index (χ2v) is 5.00. The lowest BCUT2D eigenvalue weighted by atomic mass is 9.94. The van der Waals surface area contributed by atoms with Gasteiger partial charge in [-0.2, -0.15) is 0 Å². The number of hydrogen-bond donors (Lipinski definition) is 1. The number of hydrogen-bond acceptors (Lipinski definition) is 2. The first-order chi connectivity index (χ1) is 9.43. The smallest absolute Gasteiger partial charge is 0.336 e. The van der Waals surface area contributed by atoms with Crippen molar-refractivity contribution in [3.63, 3.8) is 0 Å². The molecule has 0 fully saturated rings. The van der Waals surface area contributed by atoms with Gasteiger partial charge in [0, 0.05) is 0 Å². The summed E-state index contributed by atoms with van der Waals surface area (Å²) in [6, 6.07) is 9.41. The molecule has 3 heteroatoms. The van der Waals surface area contributed by atoms with Crippen LogP contribution in [0, 0.1) is 20.8 Å². The zero-order valence-corrected chi connectivity index (χ0v) is 12.2. The van der Waals surface area contributed by atoms with Crippen molar-refractivity contribution >= 4 is 5.97 Å². The van der Waals surface area contributed by atoms with Crippen LogP contribution in [0.4, 0.5) is 0 Å². The standard InChI is InChI=1S/C17H18O3/c1-10-5-6-14(15(7-10)17(18)19)13-8-11(2)16(20-4)12(3)9-13/h5-9H,1-4H3,(H,18,19). The maximum Gasteiger partial charge on any atom is 0.336 e. The van der Waals surface area contributed by atoms with Crippen LogP contribution >= 0.6 is 0 Å². The molecular formula is C17H18O3. The summed E-state index contributed by atoms with van der Waals surface area (Å²) in [5.41, 5.74) is 4.90. The van der Waals surface area contributed by atoms with Crippen LogP contribution in [-0.2, 0) is 0 Å². The summed E-state index contributed by atoms with van der Waals surface area (Å²) in [7, 11) is 1.64. The molecule has 0 saturated carbocycles. The first-order valence-corrected chi connectivity index (χ1v) is 6.43. The molecule has 1 N–H and O–H groups in total. The molecule has 0 amide bonds. The minimum Gasteiger partial charge on any atom is -0.496 e. The summed E-state index contributed by atoms with van der Waals surface area (Å²) < 4.78 is 5.35. The van der Waals surface area contributed by atoms with E-state index in [1.54, 1.807) is 13.2 Å². The number of rotatable bonds is 3. The highest BCUT2D eigenvalue weighted by Crippen LogP contribution is 2.32. The van der Waals surface area contributed by atoms with Crippen molar-refractivity contribution in [2.45, 2.75) is 20.8 Å². The van der Waals surface area contributed by atoms with Crippen molar-refractivity contribution in [1.29, 1.82) is 0 Å². The highest BCUT2D eigenvalue weighted by atomic mass is 16.5. The molecular weight excluding hydrogens is 252 g/mol. The number of ether oxygens (including phenoxy) is 1. The zero-order chi connectivity index (χ0) is 14.9. The molecule has 3 nitrogen and oxygen atoms in total.